The van der Waals surface area contributed by atoms with E-state index in [0.29, 0.717) is 19.3 Å². The van der Waals surface area contributed by atoms with E-state index in [1.54, 1.807) is 25.1 Å². The molecule has 0 bridgehead atoms. The van der Waals surface area contributed by atoms with Crippen LogP contribution in [0.3, 0.4) is 0 Å². The lowest BCUT2D eigenvalue weighted by atomic mass is 9.98. The summed E-state index contributed by atoms with van der Waals surface area (Å²) in [7, 11) is 3.24. The van der Waals surface area contributed by atoms with Gasteiger partial charge in [0.05, 0.1) is 12.1 Å². The van der Waals surface area contributed by atoms with E-state index in [1.807, 2.05) is 120 Å². The first kappa shape index (κ1) is 38.6. The molecule has 3 aromatic rings. The number of carbonyl (C=O) groups excluding carboxylic acids is 2. The predicted molar refractivity (Wildman–Crippen MR) is 186 cm³/mol. The van der Waals surface area contributed by atoms with Crippen LogP contribution in [0.4, 0.5) is 0 Å². The SMILES string of the molecule is CC.CNC(=O)[C@@H](Cc1ccccc1)NC(=O)[C@@H](Cc1ccc2ccccc2c1)N(C)[C@H](O)/C=C/CC(C)(C)N[C@H](O)OC(C)C. The van der Waals surface area contributed by atoms with Gasteiger partial charge in [0.25, 0.3) is 0 Å². The summed E-state index contributed by atoms with van der Waals surface area (Å²) in [6.45, 7) is 11.5. The Balaban J connectivity index is 0.00000361. The van der Waals surface area contributed by atoms with Crippen molar-refractivity contribution >= 4 is 22.6 Å². The topological polar surface area (TPSA) is 123 Å². The average molecular weight is 635 g/mol. The number of ether oxygens (including phenoxy) is 1. The van der Waals surface area contributed by atoms with Crippen LogP contribution in [0.5, 0.6) is 0 Å². The molecule has 0 saturated carbocycles. The minimum absolute atomic E-state index is 0.138. The van der Waals surface area contributed by atoms with Gasteiger partial charge < -0.3 is 25.6 Å². The molecule has 2 amide bonds. The molecule has 252 valence electrons. The molecule has 0 aliphatic rings. The summed E-state index contributed by atoms with van der Waals surface area (Å²) in [5.74, 6) is -0.665. The highest BCUT2D eigenvalue weighted by Crippen LogP contribution is 2.19. The zero-order chi connectivity index (χ0) is 34.3. The maximum atomic E-state index is 13.9. The number of hydrogen-bond donors (Lipinski definition) is 5. The van der Waals surface area contributed by atoms with Crippen LogP contribution in [-0.2, 0) is 27.2 Å². The third-order valence-electron chi connectivity index (χ3n) is 7.47. The molecule has 4 atom stereocenters. The molecule has 0 spiro atoms. The molecule has 0 fully saturated rings. The summed E-state index contributed by atoms with van der Waals surface area (Å²) < 4.78 is 5.38. The van der Waals surface area contributed by atoms with E-state index in [-0.39, 0.29) is 17.9 Å². The van der Waals surface area contributed by atoms with Crippen molar-refractivity contribution < 1.29 is 24.5 Å². The highest BCUT2D eigenvalue weighted by Gasteiger charge is 2.31. The van der Waals surface area contributed by atoms with Gasteiger partial charge in [-0.2, -0.15) is 0 Å². The van der Waals surface area contributed by atoms with Crippen molar-refractivity contribution in [3.63, 3.8) is 0 Å². The number of aliphatic hydroxyl groups is 2. The van der Waals surface area contributed by atoms with Gasteiger partial charge in [-0.25, -0.2) is 0 Å². The number of amides is 2. The van der Waals surface area contributed by atoms with Crippen molar-refractivity contribution in [2.75, 3.05) is 14.1 Å². The van der Waals surface area contributed by atoms with Crippen molar-refractivity contribution in [1.82, 2.24) is 20.9 Å². The summed E-state index contributed by atoms with van der Waals surface area (Å²) in [6, 6.07) is 22.0. The number of rotatable bonds is 16. The van der Waals surface area contributed by atoms with E-state index in [4.69, 9.17) is 4.74 Å². The number of benzene rings is 3. The van der Waals surface area contributed by atoms with Crippen LogP contribution < -0.4 is 16.0 Å². The second kappa shape index (κ2) is 19.2. The fourth-order valence-electron chi connectivity index (χ4n) is 5.00. The molecule has 0 aliphatic carbocycles. The Hall–Kier alpha value is -3.60. The van der Waals surface area contributed by atoms with Crippen LogP contribution >= 0.6 is 0 Å². The third kappa shape index (κ3) is 12.7. The van der Waals surface area contributed by atoms with Gasteiger partial charge in [-0.15, -0.1) is 0 Å². The van der Waals surface area contributed by atoms with Gasteiger partial charge in [-0.1, -0.05) is 92.7 Å². The van der Waals surface area contributed by atoms with E-state index in [2.05, 4.69) is 16.0 Å². The standard InChI is InChI=1S/C35H48N4O5.C2H6/c1-24(2)44-34(43)38-35(3,4)20-12-17-31(40)39(6)30(23-26-18-19-27-15-10-11-16-28(27)21-26)33(42)37-29(32(41)36-5)22-25-13-8-7-9-14-25;1-2/h7-19,21,24,29-31,34,38,40,43H,20,22-23H2,1-6H3,(H,36,41)(H,37,42);1-2H3/b17-12+;/t29-,30-,31-,34-;/m1./s1. The van der Waals surface area contributed by atoms with Crippen LogP contribution in [0.25, 0.3) is 10.8 Å². The number of nitrogens with one attached hydrogen (secondary N) is 3. The Morgan fingerprint density at radius 2 is 1.52 bits per heavy atom. The molecule has 5 N–H and O–H groups in total. The van der Waals surface area contributed by atoms with Gasteiger partial charge in [0.1, 0.15) is 12.3 Å². The molecule has 0 saturated heterocycles. The Morgan fingerprint density at radius 3 is 2.15 bits per heavy atom. The summed E-state index contributed by atoms with van der Waals surface area (Å²) in [6.07, 6.45) is 2.21. The number of hydrogen-bond acceptors (Lipinski definition) is 7. The van der Waals surface area contributed by atoms with Crippen LogP contribution in [-0.4, -0.2) is 77.4 Å². The Bertz CT molecular complexity index is 1380. The van der Waals surface area contributed by atoms with Crippen molar-refractivity contribution in [2.24, 2.45) is 0 Å². The second-order valence-electron chi connectivity index (χ2n) is 12.0. The maximum absolute atomic E-state index is 13.9. The number of aliphatic hydroxyl groups excluding tert-OH is 2. The van der Waals surface area contributed by atoms with Gasteiger partial charge in [0.15, 0.2) is 0 Å². The molecule has 0 radical (unpaired) electrons. The highest BCUT2D eigenvalue weighted by atomic mass is 16.6. The first-order chi connectivity index (χ1) is 21.9. The average Bonchev–Trinajstić information content (AvgIpc) is 3.03. The Morgan fingerprint density at radius 1 is 0.891 bits per heavy atom. The van der Waals surface area contributed by atoms with E-state index >= 15 is 0 Å². The van der Waals surface area contributed by atoms with Gasteiger partial charge in [0, 0.05) is 19.0 Å². The number of likely N-dealkylation sites (N-methyl/N-ethyl adjacent to an activating group) is 2. The van der Waals surface area contributed by atoms with Gasteiger partial charge >= 0.3 is 0 Å². The lowest BCUT2D eigenvalue weighted by molar-refractivity contribution is -0.155. The van der Waals surface area contributed by atoms with Crippen LogP contribution in [0, 0.1) is 0 Å². The van der Waals surface area contributed by atoms with E-state index in [1.165, 1.54) is 0 Å². The Labute approximate surface area is 275 Å². The quantitative estimate of drug-likeness (QED) is 0.116. The molecule has 0 aromatic heterocycles. The number of fused-ring (bicyclic) bond motifs is 1. The van der Waals surface area contributed by atoms with E-state index in [0.717, 1.165) is 21.9 Å². The smallest absolute Gasteiger partial charge is 0.242 e. The molecule has 9 heteroatoms. The molecule has 3 aromatic carbocycles. The van der Waals surface area contributed by atoms with Gasteiger partial charge in [0.2, 0.25) is 18.2 Å². The van der Waals surface area contributed by atoms with E-state index in [9.17, 15) is 19.8 Å². The minimum Gasteiger partial charge on any atom is -0.375 e. The van der Waals surface area contributed by atoms with Crippen molar-refractivity contribution in [3.05, 3.63) is 96.1 Å². The molecule has 3 rings (SSSR count). The first-order valence-electron chi connectivity index (χ1n) is 16.1. The predicted octanol–water partition coefficient (Wildman–Crippen LogP) is 4.52. The normalized spacial score (nSPS) is 14.4. The molecule has 0 unspecified atom stereocenters. The number of nitrogens with zero attached hydrogens (tertiary/aromatic N) is 1. The largest absolute Gasteiger partial charge is 0.375 e. The minimum atomic E-state index is -1.12. The zero-order valence-electron chi connectivity index (χ0n) is 28.7. The third-order valence-corrected chi connectivity index (χ3v) is 7.47. The van der Waals surface area contributed by atoms with Gasteiger partial charge in [-0.05, 0) is 75.6 Å². The van der Waals surface area contributed by atoms with E-state index < -0.39 is 30.3 Å². The second-order valence-corrected chi connectivity index (χ2v) is 12.0. The zero-order valence-corrected chi connectivity index (χ0v) is 28.7. The van der Waals surface area contributed by atoms with Crippen molar-refractivity contribution in [2.45, 2.75) is 97.2 Å². The van der Waals surface area contributed by atoms with Crippen LogP contribution in [0.2, 0.25) is 0 Å². The molecule has 46 heavy (non-hydrogen) atoms. The summed E-state index contributed by atoms with van der Waals surface area (Å²) >= 11 is 0. The molecule has 9 nitrogen and oxygen atoms in total. The monoisotopic (exact) mass is 634 g/mol. The number of carbonyl (C=O) groups is 2. The van der Waals surface area contributed by atoms with Crippen molar-refractivity contribution in [1.29, 1.82) is 0 Å². The summed E-state index contributed by atoms with van der Waals surface area (Å²) in [5.41, 5.74) is 1.32. The van der Waals surface area contributed by atoms with Crippen LogP contribution in [0.1, 0.15) is 59.1 Å². The lowest BCUT2D eigenvalue weighted by Crippen LogP contribution is -2.55. The molecular formula is C37H54N4O5. The highest BCUT2D eigenvalue weighted by molar-refractivity contribution is 5.90. The summed E-state index contributed by atoms with van der Waals surface area (Å²) in [5, 5.41) is 32.1. The lowest BCUT2D eigenvalue weighted by Gasteiger charge is -2.32. The fourth-order valence-corrected chi connectivity index (χ4v) is 5.00. The Kier molecular flexibility index (Phi) is 16.1. The van der Waals surface area contributed by atoms with Crippen molar-refractivity contribution in [3.8, 4) is 0 Å². The summed E-state index contributed by atoms with van der Waals surface area (Å²) in [4.78, 5) is 28.3. The van der Waals surface area contributed by atoms with Gasteiger partial charge in [-0.3, -0.25) is 19.8 Å². The maximum Gasteiger partial charge on any atom is 0.242 e. The molecule has 0 aliphatic heterocycles. The first-order valence-corrected chi connectivity index (χ1v) is 16.1. The van der Waals surface area contributed by atoms with Crippen LogP contribution in [0.15, 0.2) is 84.9 Å². The fraction of sp³-hybridized carbons (Fsp3) is 0.459. The molecule has 0 heterocycles. The molecular weight excluding hydrogens is 580 g/mol.